The van der Waals surface area contributed by atoms with Crippen LogP contribution in [-0.4, -0.2) is 15.5 Å². The highest BCUT2D eigenvalue weighted by Crippen LogP contribution is 2.33. The standard InChI is InChI=1S/C12H16N2O2S/c1-8(2)10-5-6-11-12(7-10)17(15,16)13-9(3)14(11)4/h5-8,13H,3H2,1-2,4H3. The van der Waals surface area contributed by atoms with Crippen LogP contribution in [0.1, 0.15) is 25.3 Å². The van der Waals surface area contributed by atoms with Gasteiger partial charge in [0.1, 0.15) is 10.7 Å². The van der Waals surface area contributed by atoms with Gasteiger partial charge >= 0.3 is 0 Å². The van der Waals surface area contributed by atoms with Gasteiger partial charge in [0.05, 0.1) is 5.69 Å². The first-order valence-electron chi connectivity index (χ1n) is 5.42. The first-order chi connectivity index (χ1) is 7.83. The van der Waals surface area contributed by atoms with Crippen LogP contribution in [0.25, 0.3) is 0 Å². The van der Waals surface area contributed by atoms with Gasteiger partial charge in [-0.2, -0.15) is 0 Å². The number of sulfonamides is 1. The van der Waals surface area contributed by atoms with Crippen LogP contribution in [0.2, 0.25) is 0 Å². The topological polar surface area (TPSA) is 49.4 Å². The van der Waals surface area contributed by atoms with Gasteiger partial charge in [0, 0.05) is 7.05 Å². The first kappa shape index (κ1) is 12.0. The van der Waals surface area contributed by atoms with E-state index < -0.39 is 10.0 Å². The maximum atomic E-state index is 12.0. The van der Waals surface area contributed by atoms with E-state index in [2.05, 4.69) is 11.3 Å². The Morgan fingerprint density at radius 1 is 1.35 bits per heavy atom. The van der Waals surface area contributed by atoms with Gasteiger partial charge in [-0.25, -0.2) is 8.42 Å². The molecule has 92 valence electrons. The summed E-state index contributed by atoms with van der Waals surface area (Å²) in [6.45, 7) is 7.75. The van der Waals surface area contributed by atoms with Crippen LogP contribution in [0.5, 0.6) is 0 Å². The molecule has 2 rings (SSSR count). The fraction of sp³-hybridized carbons (Fsp3) is 0.333. The molecule has 0 spiro atoms. The van der Waals surface area contributed by atoms with Crippen LogP contribution in [0, 0.1) is 0 Å². The Balaban J connectivity index is 2.68. The second-order valence-electron chi connectivity index (χ2n) is 4.49. The Kier molecular flexibility index (Phi) is 2.66. The first-order valence-corrected chi connectivity index (χ1v) is 6.90. The molecule has 0 bridgehead atoms. The second-order valence-corrected chi connectivity index (χ2v) is 6.14. The predicted octanol–water partition coefficient (Wildman–Crippen LogP) is 2.01. The van der Waals surface area contributed by atoms with Crippen LogP contribution >= 0.6 is 0 Å². The lowest BCUT2D eigenvalue weighted by Gasteiger charge is -2.30. The van der Waals surface area contributed by atoms with Crippen LogP contribution in [0.4, 0.5) is 5.69 Å². The largest absolute Gasteiger partial charge is 0.330 e. The molecule has 17 heavy (non-hydrogen) atoms. The molecule has 0 saturated carbocycles. The third-order valence-corrected chi connectivity index (χ3v) is 4.37. The molecule has 1 aliphatic heterocycles. The lowest BCUT2D eigenvalue weighted by Crippen LogP contribution is -2.38. The summed E-state index contributed by atoms with van der Waals surface area (Å²) in [4.78, 5) is 2.05. The van der Waals surface area contributed by atoms with Crippen molar-refractivity contribution in [1.29, 1.82) is 0 Å². The lowest BCUT2D eigenvalue weighted by molar-refractivity contribution is 0.584. The second kappa shape index (κ2) is 3.77. The van der Waals surface area contributed by atoms with Crippen molar-refractivity contribution in [3.8, 4) is 0 Å². The van der Waals surface area contributed by atoms with Gasteiger partial charge in [-0.3, -0.25) is 4.72 Å². The Morgan fingerprint density at radius 3 is 2.59 bits per heavy atom. The highest BCUT2D eigenvalue weighted by molar-refractivity contribution is 7.89. The maximum absolute atomic E-state index is 12.0. The summed E-state index contributed by atoms with van der Waals surface area (Å²) in [7, 11) is -1.68. The number of nitrogens with zero attached hydrogens (tertiary/aromatic N) is 1. The Bertz CT molecular complexity index is 576. The van der Waals surface area contributed by atoms with Crippen molar-refractivity contribution in [3.63, 3.8) is 0 Å². The summed E-state index contributed by atoms with van der Waals surface area (Å²) in [5, 5.41) is 0. The zero-order chi connectivity index (χ0) is 12.8. The zero-order valence-corrected chi connectivity index (χ0v) is 11.0. The molecule has 0 aromatic heterocycles. The zero-order valence-electron chi connectivity index (χ0n) is 10.2. The number of benzene rings is 1. The van der Waals surface area contributed by atoms with E-state index in [1.807, 2.05) is 26.0 Å². The molecule has 0 saturated heterocycles. The van der Waals surface area contributed by atoms with Crippen molar-refractivity contribution < 1.29 is 8.42 Å². The van der Waals surface area contributed by atoms with Crippen molar-refractivity contribution in [2.45, 2.75) is 24.7 Å². The highest BCUT2D eigenvalue weighted by Gasteiger charge is 2.28. The van der Waals surface area contributed by atoms with E-state index in [1.165, 1.54) is 0 Å². The summed E-state index contributed by atoms with van der Waals surface area (Å²) < 4.78 is 26.4. The SMILES string of the molecule is C=C1NS(=O)(=O)c2cc(C(C)C)ccc2N1C. The van der Waals surface area contributed by atoms with E-state index in [4.69, 9.17) is 0 Å². The quantitative estimate of drug-likeness (QED) is 0.831. The smallest absolute Gasteiger partial charge is 0.265 e. The van der Waals surface area contributed by atoms with Gasteiger partial charge in [0.25, 0.3) is 10.0 Å². The number of hydrogen-bond donors (Lipinski definition) is 1. The summed E-state index contributed by atoms with van der Waals surface area (Å²) in [6.07, 6.45) is 0. The lowest BCUT2D eigenvalue weighted by atomic mass is 10.0. The fourth-order valence-corrected chi connectivity index (χ4v) is 3.13. The van der Waals surface area contributed by atoms with E-state index in [9.17, 15) is 8.42 Å². The molecule has 0 radical (unpaired) electrons. The summed E-state index contributed by atoms with van der Waals surface area (Å²) in [5.74, 6) is 0.667. The minimum absolute atomic E-state index is 0.297. The maximum Gasteiger partial charge on any atom is 0.265 e. The molecule has 0 unspecified atom stereocenters. The van der Waals surface area contributed by atoms with Gasteiger partial charge in [-0.05, 0) is 23.6 Å². The van der Waals surface area contributed by atoms with Crippen LogP contribution in [0.15, 0.2) is 35.5 Å². The van der Waals surface area contributed by atoms with Gasteiger partial charge in [-0.1, -0.05) is 26.5 Å². The third-order valence-electron chi connectivity index (χ3n) is 2.96. The predicted molar refractivity (Wildman–Crippen MR) is 68.4 cm³/mol. The van der Waals surface area contributed by atoms with Crippen LogP contribution in [0.3, 0.4) is 0 Å². The van der Waals surface area contributed by atoms with Crippen LogP contribution in [-0.2, 0) is 10.0 Å². The van der Waals surface area contributed by atoms with Gasteiger partial charge in [0.15, 0.2) is 0 Å². The minimum atomic E-state index is -3.47. The number of anilines is 1. The monoisotopic (exact) mass is 252 g/mol. The molecule has 0 fully saturated rings. The van der Waals surface area contributed by atoms with E-state index in [0.29, 0.717) is 22.3 Å². The summed E-state index contributed by atoms with van der Waals surface area (Å²) in [5.41, 5.74) is 1.67. The number of hydrogen-bond acceptors (Lipinski definition) is 3. The normalized spacial score (nSPS) is 17.9. The molecule has 0 aliphatic carbocycles. The number of nitrogens with one attached hydrogen (secondary N) is 1. The minimum Gasteiger partial charge on any atom is -0.330 e. The van der Waals surface area contributed by atoms with E-state index >= 15 is 0 Å². The molecule has 5 heteroatoms. The van der Waals surface area contributed by atoms with Gasteiger partial charge in [-0.15, -0.1) is 0 Å². The van der Waals surface area contributed by atoms with Crippen molar-refractivity contribution in [3.05, 3.63) is 36.2 Å². The fourth-order valence-electron chi connectivity index (χ4n) is 1.81. The van der Waals surface area contributed by atoms with Gasteiger partial charge < -0.3 is 4.90 Å². The molecule has 1 aliphatic rings. The van der Waals surface area contributed by atoms with Gasteiger partial charge in [0.2, 0.25) is 0 Å². The molecule has 1 aromatic carbocycles. The Hall–Kier alpha value is -1.49. The number of fused-ring (bicyclic) bond motifs is 1. The molecule has 1 heterocycles. The average Bonchev–Trinajstić information content (AvgIpc) is 2.25. The molecular weight excluding hydrogens is 236 g/mol. The molecule has 1 N–H and O–H groups in total. The van der Waals surface area contributed by atoms with E-state index in [-0.39, 0.29) is 0 Å². The number of rotatable bonds is 1. The third kappa shape index (κ3) is 1.91. The van der Waals surface area contributed by atoms with Crippen LogP contribution < -0.4 is 9.62 Å². The highest BCUT2D eigenvalue weighted by atomic mass is 32.2. The van der Waals surface area contributed by atoms with E-state index in [0.717, 1.165) is 5.56 Å². The summed E-state index contributed by atoms with van der Waals surface area (Å²) in [6, 6.07) is 5.51. The molecular formula is C12H16N2O2S. The molecule has 1 aromatic rings. The van der Waals surface area contributed by atoms with Crippen molar-refractivity contribution in [1.82, 2.24) is 4.72 Å². The Morgan fingerprint density at radius 2 is 2.00 bits per heavy atom. The molecule has 0 atom stereocenters. The van der Waals surface area contributed by atoms with Crippen molar-refractivity contribution in [2.75, 3.05) is 11.9 Å². The molecule has 0 amide bonds. The van der Waals surface area contributed by atoms with Crippen molar-refractivity contribution in [2.24, 2.45) is 0 Å². The van der Waals surface area contributed by atoms with E-state index in [1.54, 1.807) is 18.0 Å². The van der Waals surface area contributed by atoms with Crippen molar-refractivity contribution >= 4 is 15.7 Å². The Labute approximate surface area is 102 Å². The average molecular weight is 252 g/mol. The summed E-state index contributed by atoms with van der Waals surface area (Å²) >= 11 is 0. The molecule has 4 nitrogen and oxygen atoms in total.